The van der Waals surface area contributed by atoms with Gasteiger partial charge in [-0.2, -0.15) is 0 Å². The maximum Gasteiger partial charge on any atom is 0.485 e. The number of hydrogen-bond acceptors (Lipinski definition) is 4. The molecule has 4 aliphatic carbocycles. The number of carbonyl (C=O) groups excluding carboxylic acids is 1. The molecule has 168 valence electrons. The summed E-state index contributed by atoms with van der Waals surface area (Å²) in [4.78, 5) is 13.2. The second kappa shape index (κ2) is 7.07. The molecule has 5 fully saturated rings. The fourth-order valence-corrected chi connectivity index (χ4v) is 6.98. The highest BCUT2D eigenvalue weighted by Crippen LogP contribution is 2.67. The van der Waals surface area contributed by atoms with Gasteiger partial charge in [0.2, 0.25) is 5.91 Å². The molecule has 3 N–H and O–H groups in total. The Balaban J connectivity index is 1.33. The topological polar surface area (TPSA) is 73.6 Å². The molecule has 0 spiro atoms. The standard InChI is InChI=1S/C25H37BN2O3/c1-15(2)18-14-25(18,28-22(29)19(27)11-16-9-7-6-8-10-16)26-30-21-13-17-12-20(23(17,3)4)24(21,5)31-26/h6-10,15,17-21H,11-14,27H2,1-5H3,(H,28,29)/t17?,18?,19?,20-,21+,24-,25?/m0/s1. The summed E-state index contributed by atoms with van der Waals surface area (Å²) in [6.07, 6.45) is 3.82. The second-order valence-electron chi connectivity index (χ2n) is 11.7. The first-order valence-corrected chi connectivity index (χ1v) is 12.0. The first-order chi connectivity index (χ1) is 14.6. The Bertz CT molecular complexity index is 862. The van der Waals surface area contributed by atoms with Crippen molar-refractivity contribution in [3.05, 3.63) is 35.9 Å². The van der Waals surface area contributed by atoms with Crippen molar-refractivity contribution in [3.63, 3.8) is 0 Å². The lowest BCUT2D eigenvalue weighted by Crippen LogP contribution is -2.65. The van der Waals surface area contributed by atoms with Gasteiger partial charge in [-0.15, -0.1) is 0 Å². The largest absolute Gasteiger partial charge is 0.485 e. The van der Waals surface area contributed by atoms with Crippen LogP contribution in [0.3, 0.4) is 0 Å². The Labute approximate surface area is 187 Å². The van der Waals surface area contributed by atoms with Crippen molar-refractivity contribution in [2.24, 2.45) is 34.8 Å². The highest BCUT2D eigenvalue weighted by Gasteiger charge is 2.75. The van der Waals surface area contributed by atoms with Crippen LogP contribution in [-0.4, -0.2) is 36.2 Å². The molecule has 1 heterocycles. The van der Waals surface area contributed by atoms with Gasteiger partial charge in [-0.1, -0.05) is 58.0 Å². The lowest BCUT2D eigenvalue weighted by molar-refractivity contribution is -0.199. The van der Waals surface area contributed by atoms with E-state index < -0.39 is 18.6 Å². The van der Waals surface area contributed by atoms with Gasteiger partial charge in [0.05, 0.1) is 23.2 Å². The van der Waals surface area contributed by atoms with E-state index in [0.29, 0.717) is 35.5 Å². The molecular formula is C25H37BN2O3. The molecule has 7 atom stereocenters. The lowest BCUT2D eigenvalue weighted by Gasteiger charge is -2.64. The van der Waals surface area contributed by atoms with E-state index in [1.807, 2.05) is 30.3 Å². The van der Waals surface area contributed by atoms with Crippen LogP contribution >= 0.6 is 0 Å². The van der Waals surface area contributed by atoms with Crippen LogP contribution < -0.4 is 11.1 Å². The Morgan fingerprint density at radius 2 is 1.94 bits per heavy atom. The van der Waals surface area contributed by atoms with E-state index in [9.17, 15) is 4.79 Å². The van der Waals surface area contributed by atoms with Gasteiger partial charge in [-0.25, -0.2) is 0 Å². The quantitative estimate of drug-likeness (QED) is 0.687. The smallest absolute Gasteiger partial charge is 0.404 e. The fourth-order valence-electron chi connectivity index (χ4n) is 6.98. The average molecular weight is 424 g/mol. The van der Waals surface area contributed by atoms with Crippen LogP contribution in [0.1, 0.15) is 59.4 Å². The van der Waals surface area contributed by atoms with Gasteiger partial charge in [0, 0.05) is 0 Å². The van der Waals surface area contributed by atoms with E-state index in [-0.39, 0.29) is 17.6 Å². The summed E-state index contributed by atoms with van der Waals surface area (Å²) < 4.78 is 13.4. The first kappa shape index (κ1) is 21.5. The van der Waals surface area contributed by atoms with Gasteiger partial charge in [-0.05, 0) is 67.3 Å². The van der Waals surface area contributed by atoms with E-state index in [2.05, 4.69) is 39.9 Å². The van der Waals surface area contributed by atoms with Crippen molar-refractivity contribution >= 4 is 13.0 Å². The van der Waals surface area contributed by atoms with Crippen molar-refractivity contribution < 1.29 is 14.1 Å². The maximum atomic E-state index is 13.2. The monoisotopic (exact) mass is 424 g/mol. The Kier molecular flexibility index (Phi) is 4.90. The first-order valence-electron chi connectivity index (χ1n) is 12.0. The van der Waals surface area contributed by atoms with E-state index in [1.54, 1.807) is 0 Å². The van der Waals surface area contributed by atoms with E-state index in [4.69, 9.17) is 15.0 Å². The molecule has 6 rings (SSSR count). The summed E-state index contributed by atoms with van der Waals surface area (Å²) in [5, 5.41) is 3.32. The predicted octanol–water partition coefficient (Wildman–Crippen LogP) is 3.35. The molecule has 5 nitrogen and oxygen atoms in total. The zero-order valence-electron chi connectivity index (χ0n) is 19.6. The number of rotatable bonds is 6. The Morgan fingerprint density at radius 1 is 1.23 bits per heavy atom. The van der Waals surface area contributed by atoms with Crippen LogP contribution in [0.5, 0.6) is 0 Å². The summed E-state index contributed by atoms with van der Waals surface area (Å²) in [5.41, 5.74) is 6.97. The molecule has 0 aromatic heterocycles. The number of amides is 1. The number of nitrogens with one attached hydrogen (secondary N) is 1. The maximum absolute atomic E-state index is 13.2. The molecule has 5 aliphatic rings. The number of carbonyl (C=O) groups is 1. The molecular weight excluding hydrogens is 387 g/mol. The molecule has 0 radical (unpaired) electrons. The van der Waals surface area contributed by atoms with Gasteiger partial charge in [0.25, 0.3) is 0 Å². The van der Waals surface area contributed by atoms with E-state index >= 15 is 0 Å². The fraction of sp³-hybridized carbons (Fsp3) is 0.720. The number of hydrogen-bond donors (Lipinski definition) is 2. The number of nitrogens with two attached hydrogens (primary N) is 1. The van der Waals surface area contributed by atoms with Gasteiger partial charge in [-0.3, -0.25) is 4.79 Å². The summed E-state index contributed by atoms with van der Waals surface area (Å²) in [6, 6.07) is 9.37. The molecule has 1 amide bonds. The third kappa shape index (κ3) is 3.20. The van der Waals surface area contributed by atoms with Crippen LogP contribution in [0, 0.1) is 29.1 Å². The predicted molar refractivity (Wildman–Crippen MR) is 122 cm³/mol. The summed E-state index contributed by atoms with van der Waals surface area (Å²) in [5.74, 6) is 1.90. The van der Waals surface area contributed by atoms with Gasteiger partial charge in [0.15, 0.2) is 0 Å². The molecule has 1 aromatic rings. The molecule has 4 unspecified atom stereocenters. The molecule has 1 aliphatic heterocycles. The van der Waals surface area contributed by atoms with E-state index in [0.717, 1.165) is 18.4 Å². The minimum Gasteiger partial charge on any atom is -0.404 e. The minimum atomic E-state index is -0.585. The molecule has 1 aromatic carbocycles. The van der Waals surface area contributed by atoms with Crippen molar-refractivity contribution in [1.29, 1.82) is 0 Å². The number of benzene rings is 1. The van der Waals surface area contributed by atoms with Crippen LogP contribution in [0.15, 0.2) is 30.3 Å². The van der Waals surface area contributed by atoms with Gasteiger partial charge >= 0.3 is 7.12 Å². The second-order valence-corrected chi connectivity index (χ2v) is 11.7. The highest BCUT2D eigenvalue weighted by molar-refractivity contribution is 6.51. The normalized spacial score (nSPS) is 40.8. The van der Waals surface area contributed by atoms with Crippen molar-refractivity contribution in [3.8, 4) is 0 Å². The summed E-state index contributed by atoms with van der Waals surface area (Å²) in [6.45, 7) is 11.4. The highest BCUT2D eigenvalue weighted by atomic mass is 16.7. The third-order valence-corrected chi connectivity index (χ3v) is 9.22. The van der Waals surface area contributed by atoms with Gasteiger partial charge in [0.1, 0.15) is 0 Å². The van der Waals surface area contributed by atoms with Gasteiger partial charge < -0.3 is 20.4 Å². The van der Waals surface area contributed by atoms with Crippen LogP contribution in [0.4, 0.5) is 0 Å². The van der Waals surface area contributed by atoms with Crippen molar-refractivity contribution in [2.75, 3.05) is 0 Å². The molecule has 4 saturated carbocycles. The summed E-state index contributed by atoms with van der Waals surface area (Å²) >= 11 is 0. The van der Waals surface area contributed by atoms with Crippen molar-refractivity contribution in [1.82, 2.24) is 5.32 Å². The minimum absolute atomic E-state index is 0.108. The molecule has 6 heteroatoms. The van der Waals surface area contributed by atoms with Crippen molar-refractivity contribution in [2.45, 2.75) is 83.5 Å². The zero-order chi connectivity index (χ0) is 22.2. The lowest BCUT2D eigenvalue weighted by atomic mass is 9.43. The average Bonchev–Trinajstić information content (AvgIpc) is 3.33. The molecule has 1 saturated heterocycles. The summed E-state index contributed by atoms with van der Waals surface area (Å²) in [7, 11) is -0.391. The zero-order valence-corrected chi connectivity index (χ0v) is 19.6. The SMILES string of the molecule is CC(C)C1CC1(NC(=O)C(N)Cc1ccccc1)B1O[C@@H]2CC3C[C@@H](C3(C)C)[C@]2(C)O1. The third-order valence-electron chi connectivity index (χ3n) is 9.22. The van der Waals surface area contributed by atoms with Crippen LogP contribution in [-0.2, 0) is 20.5 Å². The van der Waals surface area contributed by atoms with Crippen LogP contribution in [0.2, 0.25) is 0 Å². The Morgan fingerprint density at radius 3 is 2.55 bits per heavy atom. The molecule has 2 bridgehead atoms. The van der Waals surface area contributed by atoms with E-state index in [1.165, 1.54) is 6.42 Å². The Hall–Kier alpha value is -1.37. The molecule has 31 heavy (non-hydrogen) atoms. The van der Waals surface area contributed by atoms with Crippen LogP contribution in [0.25, 0.3) is 0 Å².